The Bertz CT molecular complexity index is 740. The molecule has 0 aromatic heterocycles. The van der Waals surface area contributed by atoms with Crippen molar-refractivity contribution < 1.29 is 14.6 Å². The molecule has 25 heavy (non-hydrogen) atoms. The first-order valence-electron chi connectivity index (χ1n) is 8.75. The van der Waals surface area contributed by atoms with E-state index in [1.165, 1.54) is 0 Å². The molecule has 4 heteroatoms. The molecular formula is C21H27NO3. The average Bonchev–Trinajstić information content (AvgIpc) is 2.56. The van der Waals surface area contributed by atoms with Crippen LogP contribution in [0.3, 0.4) is 0 Å². The van der Waals surface area contributed by atoms with E-state index >= 15 is 0 Å². The summed E-state index contributed by atoms with van der Waals surface area (Å²) in [6.45, 7) is 8.00. The normalized spacial score (nSPS) is 11.8. The number of carbonyl (C=O) groups is 1. The second-order valence-corrected chi connectivity index (χ2v) is 6.53. The van der Waals surface area contributed by atoms with Gasteiger partial charge in [0, 0.05) is 0 Å². The molecule has 2 aromatic carbocycles. The van der Waals surface area contributed by atoms with E-state index in [9.17, 15) is 9.90 Å². The molecule has 2 N–H and O–H groups in total. The second kappa shape index (κ2) is 8.56. The predicted octanol–water partition coefficient (Wildman–Crippen LogP) is 4.89. The maximum Gasteiger partial charge on any atom is 0.265 e. The van der Waals surface area contributed by atoms with Gasteiger partial charge < -0.3 is 15.2 Å². The maximum atomic E-state index is 12.7. The van der Waals surface area contributed by atoms with Crippen molar-refractivity contribution in [3.63, 3.8) is 0 Å². The number of hydrogen-bond acceptors (Lipinski definition) is 3. The number of aryl methyl sites for hydroxylation is 3. The Kier molecular flexibility index (Phi) is 6.45. The molecule has 0 fully saturated rings. The van der Waals surface area contributed by atoms with E-state index in [1.54, 1.807) is 18.2 Å². The first-order chi connectivity index (χ1) is 11.9. The van der Waals surface area contributed by atoms with Gasteiger partial charge in [0.25, 0.3) is 5.91 Å². The highest BCUT2D eigenvalue weighted by molar-refractivity contribution is 5.95. The van der Waals surface area contributed by atoms with Crippen LogP contribution in [-0.4, -0.2) is 17.1 Å². The maximum absolute atomic E-state index is 12.7. The van der Waals surface area contributed by atoms with Crippen molar-refractivity contribution in [3.8, 4) is 11.5 Å². The lowest BCUT2D eigenvalue weighted by atomic mass is 10.1. The third-order valence-corrected chi connectivity index (χ3v) is 4.12. The number of rotatable bonds is 7. The Morgan fingerprint density at radius 2 is 1.80 bits per heavy atom. The number of nitrogens with one attached hydrogen (secondary N) is 1. The van der Waals surface area contributed by atoms with Crippen molar-refractivity contribution in [2.75, 3.05) is 5.32 Å². The van der Waals surface area contributed by atoms with Crippen LogP contribution < -0.4 is 10.1 Å². The summed E-state index contributed by atoms with van der Waals surface area (Å²) >= 11 is 0. The van der Waals surface area contributed by atoms with Crippen molar-refractivity contribution in [3.05, 3.63) is 53.1 Å². The lowest BCUT2D eigenvalue weighted by Crippen LogP contribution is -2.33. The first-order valence-corrected chi connectivity index (χ1v) is 8.75. The summed E-state index contributed by atoms with van der Waals surface area (Å²) in [5, 5.41) is 12.7. The van der Waals surface area contributed by atoms with Gasteiger partial charge in [0.15, 0.2) is 6.10 Å². The van der Waals surface area contributed by atoms with Gasteiger partial charge in [-0.2, -0.15) is 0 Å². The van der Waals surface area contributed by atoms with Crippen molar-refractivity contribution in [1.29, 1.82) is 0 Å². The predicted molar refractivity (Wildman–Crippen MR) is 101 cm³/mol. The van der Waals surface area contributed by atoms with E-state index in [0.29, 0.717) is 12.1 Å². The summed E-state index contributed by atoms with van der Waals surface area (Å²) in [5.41, 5.74) is 3.54. The number of benzene rings is 2. The van der Waals surface area contributed by atoms with Crippen LogP contribution >= 0.6 is 0 Å². The number of hydrogen-bond donors (Lipinski definition) is 2. The lowest BCUT2D eigenvalue weighted by Gasteiger charge is -2.20. The molecule has 134 valence electrons. The van der Waals surface area contributed by atoms with Crippen LogP contribution in [0.2, 0.25) is 0 Å². The van der Waals surface area contributed by atoms with Crippen LogP contribution in [0.1, 0.15) is 42.9 Å². The summed E-state index contributed by atoms with van der Waals surface area (Å²) in [7, 11) is 0. The Balaban J connectivity index is 2.17. The number of aromatic hydroxyl groups is 1. The SMILES string of the molecule is CCCCC(Oc1ccc(C)cc1C)C(=O)Nc1cc(C)ccc1O. The zero-order valence-electron chi connectivity index (χ0n) is 15.4. The van der Waals surface area contributed by atoms with Gasteiger partial charge in [-0.05, 0) is 62.9 Å². The van der Waals surface area contributed by atoms with E-state index in [-0.39, 0.29) is 11.7 Å². The van der Waals surface area contributed by atoms with Crippen LogP contribution in [0.4, 0.5) is 5.69 Å². The minimum Gasteiger partial charge on any atom is -0.506 e. The van der Waals surface area contributed by atoms with E-state index in [0.717, 1.165) is 35.3 Å². The van der Waals surface area contributed by atoms with Crippen molar-refractivity contribution >= 4 is 11.6 Å². The molecule has 0 bridgehead atoms. The molecule has 0 saturated heterocycles. The number of carbonyl (C=O) groups excluding carboxylic acids is 1. The highest BCUT2D eigenvalue weighted by atomic mass is 16.5. The first kappa shape index (κ1) is 18.8. The highest BCUT2D eigenvalue weighted by Gasteiger charge is 2.22. The fourth-order valence-corrected chi connectivity index (χ4v) is 2.68. The highest BCUT2D eigenvalue weighted by Crippen LogP contribution is 2.26. The van der Waals surface area contributed by atoms with Crippen LogP contribution in [0.5, 0.6) is 11.5 Å². The molecule has 0 saturated carbocycles. The summed E-state index contributed by atoms with van der Waals surface area (Å²) in [5.74, 6) is 0.532. The quantitative estimate of drug-likeness (QED) is 0.705. The molecular weight excluding hydrogens is 314 g/mol. The van der Waals surface area contributed by atoms with Gasteiger partial charge in [0.1, 0.15) is 11.5 Å². The van der Waals surface area contributed by atoms with Crippen molar-refractivity contribution in [2.24, 2.45) is 0 Å². The van der Waals surface area contributed by atoms with Gasteiger partial charge in [-0.1, -0.05) is 37.1 Å². The smallest absolute Gasteiger partial charge is 0.265 e. The molecule has 4 nitrogen and oxygen atoms in total. The Morgan fingerprint density at radius 3 is 2.48 bits per heavy atom. The molecule has 1 unspecified atom stereocenters. The number of phenols is 1. The summed E-state index contributed by atoms with van der Waals surface area (Å²) in [4.78, 5) is 12.7. The molecule has 0 heterocycles. The van der Waals surface area contributed by atoms with E-state index in [1.807, 2.05) is 39.0 Å². The standard InChI is InChI=1S/C21H27NO3/c1-5-6-7-20(25-19-11-9-14(2)12-16(19)4)21(24)22-17-13-15(3)8-10-18(17)23/h8-13,20,23H,5-7H2,1-4H3,(H,22,24). The van der Waals surface area contributed by atoms with E-state index in [4.69, 9.17) is 4.74 Å². The Hall–Kier alpha value is -2.49. The number of unbranched alkanes of at least 4 members (excludes halogenated alkanes) is 1. The van der Waals surface area contributed by atoms with Gasteiger partial charge in [-0.3, -0.25) is 4.79 Å². The fourth-order valence-electron chi connectivity index (χ4n) is 2.68. The largest absolute Gasteiger partial charge is 0.506 e. The van der Waals surface area contributed by atoms with Crippen LogP contribution in [-0.2, 0) is 4.79 Å². The Labute approximate surface area is 149 Å². The van der Waals surface area contributed by atoms with Crippen LogP contribution in [0.15, 0.2) is 36.4 Å². The van der Waals surface area contributed by atoms with Crippen molar-refractivity contribution in [1.82, 2.24) is 0 Å². The molecule has 2 aromatic rings. The molecule has 0 spiro atoms. The van der Waals surface area contributed by atoms with Gasteiger partial charge in [0.2, 0.25) is 0 Å². The number of ether oxygens (including phenoxy) is 1. The molecule has 0 aliphatic rings. The molecule has 1 atom stereocenters. The number of anilines is 1. The molecule has 0 aliphatic carbocycles. The van der Waals surface area contributed by atoms with Crippen LogP contribution in [0.25, 0.3) is 0 Å². The third kappa shape index (κ3) is 5.24. The summed E-state index contributed by atoms with van der Waals surface area (Å²) in [6, 6.07) is 11.0. The average molecular weight is 341 g/mol. The van der Waals surface area contributed by atoms with Gasteiger partial charge in [-0.25, -0.2) is 0 Å². The topological polar surface area (TPSA) is 58.6 Å². The van der Waals surface area contributed by atoms with Gasteiger partial charge in [0.05, 0.1) is 5.69 Å². The zero-order valence-corrected chi connectivity index (χ0v) is 15.4. The summed E-state index contributed by atoms with van der Waals surface area (Å²) in [6.07, 6.45) is 1.90. The van der Waals surface area contributed by atoms with Gasteiger partial charge >= 0.3 is 0 Å². The van der Waals surface area contributed by atoms with Crippen molar-refractivity contribution in [2.45, 2.75) is 53.1 Å². The monoisotopic (exact) mass is 341 g/mol. The lowest BCUT2D eigenvalue weighted by molar-refractivity contribution is -0.123. The second-order valence-electron chi connectivity index (χ2n) is 6.53. The Morgan fingerprint density at radius 1 is 1.12 bits per heavy atom. The van der Waals surface area contributed by atoms with E-state index < -0.39 is 6.10 Å². The number of phenolic OH excluding ortho intramolecular Hbond substituents is 1. The molecule has 0 radical (unpaired) electrons. The fraction of sp³-hybridized carbons (Fsp3) is 0.381. The molecule has 1 amide bonds. The van der Waals surface area contributed by atoms with E-state index in [2.05, 4.69) is 12.2 Å². The number of amides is 1. The summed E-state index contributed by atoms with van der Waals surface area (Å²) < 4.78 is 6.01. The molecule has 0 aliphatic heterocycles. The molecule has 2 rings (SSSR count). The zero-order chi connectivity index (χ0) is 18.4. The minimum absolute atomic E-state index is 0.0553. The third-order valence-electron chi connectivity index (χ3n) is 4.12. The minimum atomic E-state index is -0.596. The van der Waals surface area contributed by atoms with Crippen LogP contribution in [0, 0.1) is 20.8 Å². The van der Waals surface area contributed by atoms with Gasteiger partial charge in [-0.15, -0.1) is 0 Å².